The van der Waals surface area contributed by atoms with Crippen molar-refractivity contribution in [1.82, 2.24) is 9.13 Å². The first-order valence-electron chi connectivity index (χ1n) is 8.34. The van der Waals surface area contributed by atoms with Crippen LogP contribution in [0, 0.1) is 6.92 Å². The van der Waals surface area contributed by atoms with Gasteiger partial charge in [0.1, 0.15) is 17.4 Å². The first-order chi connectivity index (χ1) is 12.7. The largest absolute Gasteiger partial charge is 0.484 e. The molecule has 3 heterocycles. The molecule has 0 bridgehead atoms. The van der Waals surface area contributed by atoms with E-state index >= 15 is 0 Å². The molecule has 0 spiro atoms. The molecule has 1 unspecified atom stereocenters. The molecular formula is C19H18N2O6. The smallest absolute Gasteiger partial charge is 0.265 e. The van der Waals surface area contributed by atoms with E-state index in [1.165, 1.54) is 16.8 Å². The molecule has 0 N–H and O–H groups in total. The highest BCUT2D eigenvalue weighted by molar-refractivity contribution is 6.36. The summed E-state index contributed by atoms with van der Waals surface area (Å²) in [6, 6.07) is 4.64. The van der Waals surface area contributed by atoms with E-state index in [-0.39, 0.29) is 29.8 Å². The lowest BCUT2D eigenvalue weighted by molar-refractivity contribution is -0.135. The summed E-state index contributed by atoms with van der Waals surface area (Å²) < 4.78 is 8.27. The van der Waals surface area contributed by atoms with E-state index in [1.807, 2.05) is 0 Å². The minimum absolute atomic E-state index is 0.0256. The van der Waals surface area contributed by atoms with E-state index in [9.17, 15) is 24.0 Å². The summed E-state index contributed by atoms with van der Waals surface area (Å²) in [5.74, 6) is -1.60. The van der Waals surface area contributed by atoms with Gasteiger partial charge in [-0.3, -0.25) is 24.0 Å². The van der Waals surface area contributed by atoms with Crippen molar-refractivity contribution in [2.75, 3.05) is 0 Å². The molecule has 1 aliphatic rings. The van der Waals surface area contributed by atoms with Crippen molar-refractivity contribution in [3.8, 4) is 5.75 Å². The minimum Gasteiger partial charge on any atom is -0.484 e. The topological polar surface area (TPSA) is 104 Å². The second-order valence-corrected chi connectivity index (χ2v) is 6.50. The Morgan fingerprint density at radius 1 is 1.22 bits per heavy atom. The lowest BCUT2D eigenvalue weighted by atomic mass is 9.97. The Kier molecular flexibility index (Phi) is 4.65. The fourth-order valence-electron chi connectivity index (χ4n) is 2.97. The Balaban J connectivity index is 2.01. The number of aromatic nitrogens is 2. The number of carbonyl (C=O) groups excluding carboxylic acids is 3. The first kappa shape index (κ1) is 18.5. The molecule has 0 fully saturated rings. The molecule has 0 radical (unpaired) electrons. The molecule has 0 aromatic carbocycles. The molecule has 0 saturated carbocycles. The Hall–Kier alpha value is -3.29. The van der Waals surface area contributed by atoms with E-state index < -0.39 is 34.6 Å². The lowest BCUT2D eigenvalue weighted by Gasteiger charge is -2.26. The van der Waals surface area contributed by atoms with Gasteiger partial charge in [0.05, 0.1) is 18.5 Å². The van der Waals surface area contributed by atoms with Gasteiger partial charge in [-0.2, -0.15) is 0 Å². The second kappa shape index (κ2) is 6.79. The summed E-state index contributed by atoms with van der Waals surface area (Å²) in [5.41, 5.74) is -0.182. The van der Waals surface area contributed by atoms with Crippen LogP contribution in [0.1, 0.15) is 41.1 Å². The average molecular weight is 370 g/mol. The number of ketones is 3. The minimum atomic E-state index is -0.871. The standard InChI is InChI=1S/C19H18N2O6/c1-10-7-16-17(19(26)20(10)3)13(23)8-15(27-16)12-5-4-6-21(18(12)25)9-14(24)11(2)22/h4-7,15H,8-9H2,1-3H3. The highest BCUT2D eigenvalue weighted by atomic mass is 16.5. The van der Waals surface area contributed by atoms with Gasteiger partial charge < -0.3 is 13.9 Å². The third-order valence-corrected chi connectivity index (χ3v) is 4.66. The SMILES string of the molecule is CC(=O)C(=O)Cn1cccc(C2CC(=O)c3c(cc(C)n(C)c3=O)O2)c1=O. The van der Waals surface area contributed by atoms with Gasteiger partial charge in [-0.25, -0.2) is 0 Å². The van der Waals surface area contributed by atoms with Crippen LogP contribution in [0.25, 0.3) is 0 Å². The maximum absolute atomic E-state index is 12.7. The summed E-state index contributed by atoms with van der Waals surface area (Å²) in [7, 11) is 1.57. The lowest BCUT2D eigenvalue weighted by Crippen LogP contribution is -2.35. The number of pyridine rings is 2. The van der Waals surface area contributed by atoms with Crippen molar-refractivity contribution in [3.63, 3.8) is 0 Å². The maximum Gasteiger partial charge on any atom is 0.265 e. The summed E-state index contributed by atoms with van der Waals surface area (Å²) in [5, 5.41) is 0. The molecular weight excluding hydrogens is 352 g/mol. The van der Waals surface area contributed by atoms with Gasteiger partial charge in [-0.1, -0.05) is 0 Å². The highest BCUT2D eigenvalue weighted by Crippen LogP contribution is 2.32. The number of nitrogens with zero attached hydrogens (tertiary/aromatic N) is 2. The van der Waals surface area contributed by atoms with Gasteiger partial charge in [-0.05, 0) is 19.1 Å². The summed E-state index contributed by atoms with van der Waals surface area (Å²) in [4.78, 5) is 60.3. The normalized spacial score (nSPS) is 15.8. The Bertz CT molecular complexity index is 1090. The van der Waals surface area contributed by atoms with Crippen LogP contribution in [-0.4, -0.2) is 26.5 Å². The van der Waals surface area contributed by atoms with Crippen LogP contribution in [0.5, 0.6) is 5.75 Å². The van der Waals surface area contributed by atoms with Crippen LogP contribution >= 0.6 is 0 Å². The Morgan fingerprint density at radius 2 is 1.93 bits per heavy atom. The molecule has 0 saturated heterocycles. The number of hydrogen-bond donors (Lipinski definition) is 0. The zero-order chi connectivity index (χ0) is 19.9. The number of fused-ring (bicyclic) bond motifs is 1. The van der Waals surface area contributed by atoms with Crippen molar-refractivity contribution in [1.29, 1.82) is 0 Å². The third kappa shape index (κ3) is 3.25. The molecule has 2 aromatic heterocycles. The third-order valence-electron chi connectivity index (χ3n) is 4.66. The van der Waals surface area contributed by atoms with Crippen molar-refractivity contribution >= 4 is 17.3 Å². The Morgan fingerprint density at radius 3 is 2.59 bits per heavy atom. The van der Waals surface area contributed by atoms with E-state index in [0.29, 0.717) is 5.69 Å². The van der Waals surface area contributed by atoms with Crippen molar-refractivity contribution in [2.45, 2.75) is 32.9 Å². The average Bonchev–Trinajstić information content (AvgIpc) is 2.60. The quantitative estimate of drug-likeness (QED) is 0.735. The van der Waals surface area contributed by atoms with Gasteiger partial charge in [0.2, 0.25) is 5.78 Å². The number of aryl methyl sites for hydroxylation is 1. The molecule has 0 aliphatic carbocycles. The molecule has 0 amide bonds. The molecule has 8 heteroatoms. The second-order valence-electron chi connectivity index (χ2n) is 6.50. The van der Waals surface area contributed by atoms with Gasteiger partial charge >= 0.3 is 0 Å². The van der Waals surface area contributed by atoms with Crippen LogP contribution in [0.15, 0.2) is 34.0 Å². The van der Waals surface area contributed by atoms with E-state index in [2.05, 4.69) is 0 Å². The molecule has 27 heavy (non-hydrogen) atoms. The summed E-state index contributed by atoms with van der Waals surface area (Å²) in [6.07, 6.45) is 0.361. The van der Waals surface area contributed by atoms with Gasteiger partial charge in [0.25, 0.3) is 11.1 Å². The van der Waals surface area contributed by atoms with E-state index in [0.717, 1.165) is 11.5 Å². The number of rotatable bonds is 4. The molecule has 140 valence electrons. The monoisotopic (exact) mass is 370 g/mol. The number of Topliss-reactive ketones (excluding diaryl/α,β-unsaturated/α-hetero) is 3. The zero-order valence-electron chi connectivity index (χ0n) is 15.1. The summed E-state index contributed by atoms with van der Waals surface area (Å²) in [6.45, 7) is 2.47. The van der Waals surface area contributed by atoms with Crippen LogP contribution in [0.4, 0.5) is 0 Å². The molecule has 1 atom stereocenters. The van der Waals surface area contributed by atoms with E-state index in [4.69, 9.17) is 4.74 Å². The van der Waals surface area contributed by atoms with Crippen molar-refractivity contribution in [3.05, 3.63) is 61.9 Å². The molecule has 3 rings (SSSR count). The predicted molar refractivity (Wildman–Crippen MR) is 95.1 cm³/mol. The fourth-order valence-corrected chi connectivity index (χ4v) is 2.97. The first-order valence-corrected chi connectivity index (χ1v) is 8.34. The molecule has 8 nitrogen and oxygen atoms in total. The van der Waals surface area contributed by atoms with Gasteiger partial charge in [0.15, 0.2) is 11.6 Å². The number of carbonyl (C=O) groups is 3. The fraction of sp³-hybridized carbons (Fsp3) is 0.316. The Labute approximate surface area is 154 Å². The maximum atomic E-state index is 12.7. The van der Waals surface area contributed by atoms with Crippen LogP contribution in [-0.2, 0) is 23.2 Å². The van der Waals surface area contributed by atoms with Gasteiger partial charge in [-0.15, -0.1) is 0 Å². The van der Waals surface area contributed by atoms with Gasteiger partial charge in [0, 0.05) is 31.9 Å². The van der Waals surface area contributed by atoms with Crippen molar-refractivity contribution in [2.24, 2.45) is 7.05 Å². The highest BCUT2D eigenvalue weighted by Gasteiger charge is 2.32. The van der Waals surface area contributed by atoms with Crippen molar-refractivity contribution < 1.29 is 19.1 Å². The van der Waals surface area contributed by atoms with Crippen LogP contribution in [0.3, 0.4) is 0 Å². The molecule has 2 aromatic rings. The van der Waals surface area contributed by atoms with Crippen LogP contribution < -0.4 is 15.9 Å². The van der Waals surface area contributed by atoms with E-state index in [1.54, 1.807) is 26.1 Å². The molecule has 1 aliphatic heterocycles. The van der Waals surface area contributed by atoms with Crippen LogP contribution in [0.2, 0.25) is 0 Å². The zero-order valence-corrected chi connectivity index (χ0v) is 15.1. The number of ether oxygens (including phenoxy) is 1. The number of hydrogen-bond acceptors (Lipinski definition) is 6. The predicted octanol–water partition coefficient (Wildman–Crippen LogP) is 0.720. The summed E-state index contributed by atoms with van der Waals surface area (Å²) >= 11 is 0.